The third kappa shape index (κ3) is 9.68. The van der Waals surface area contributed by atoms with Gasteiger partial charge in [-0.05, 0) is 44.2 Å². The molecule has 1 amide bonds. The van der Waals surface area contributed by atoms with Crippen molar-refractivity contribution in [1.82, 2.24) is 10.1 Å². The largest absolute Gasteiger partial charge is 0.469 e. The first-order valence-corrected chi connectivity index (χ1v) is 11.6. The fraction of sp³-hybridized carbons (Fsp3) is 0.462. The highest BCUT2D eigenvalue weighted by Gasteiger charge is 2.29. The Morgan fingerprint density at radius 3 is 2.56 bits per heavy atom. The number of ether oxygens (including phenoxy) is 1. The van der Waals surface area contributed by atoms with Crippen LogP contribution in [0.15, 0.2) is 54.9 Å². The molecule has 8 heteroatoms. The van der Waals surface area contributed by atoms with E-state index < -0.39 is 0 Å². The highest BCUT2D eigenvalue weighted by molar-refractivity contribution is 5.93. The number of hydrogen-bond acceptors (Lipinski definition) is 6. The lowest BCUT2D eigenvalue weighted by molar-refractivity contribution is -0.140. The highest BCUT2D eigenvalue weighted by Crippen LogP contribution is 2.39. The lowest BCUT2D eigenvalue weighted by Gasteiger charge is -2.23. The average Bonchev–Trinajstić information content (AvgIpc) is 3.59. The lowest BCUT2D eigenvalue weighted by Crippen LogP contribution is -2.31. The van der Waals surface area contributed by atoms with Crippen molar-refractivity contribution >= 4 is 17.6 Å². The van der Waals surface area contributed by atoms with Crippen LogP contribution in [-0.4, -0.2) is 35.7 Å². The summed E-state index contributed by atoms with van der Waals surface area (Å²) in [5, 5.41) is 4.11. The number of benzene rings is 1. The number of nitrogens with zero attached hydrogens (tertiary/aromatic N) is 3. The van der Waals surface area contributed by atoms with Gasteiger partial charge in [-0.25, -0.2) is 4.39 Å². The minimum absolute atomic E-state index is 0.101. The number of halogens is 1. The zero-order valence-corrected chi connectivity index (χ0v) is 20.3. The first kappa shape index (κ1) is 28.7. The fourth-order valence-electron chi connectivity index (χ4n) is 3.23. The number of esters is 1. The van der Waals surface area contributed by atoms with Gasteiger partial charge in [-0.2, -0.15) is 4.98 Å². The van der Waals surface area contributed by atoms with E-state index in [0.29, 0.717) is 37.0 Å². The molecule has 2 aromatic rings. The Kier molecular flexibility index (Phi) is 13.8. The van der Waals surface area contributed by atoms with Gasteiger partial charge in [0.15, 0.2) is 0 Å². The molecule has 1 saturated carbocycles. The zero-order chi connectivity index (χ0) is 25.3. The first-order valence-electron chi connectivity index (χ1n) is 11.6. The van der Waals surface area contributed by atoms with Crippen molar-refractivity contribution in [2.45, 2.75) is 64.2 Å². The molecule has 0 saturated heterocycles. The molecule has 1 fully saturated rings. The van der Waals surface area contributed by atoms with E-state index in [9.17, 15) is 14.0 Å². The van der Waals surface area contributed by atoms with Gasteiger partial charge in [0.05, 0.1) is 13.4 Å². The summed E-state index contributed by atoms with van der Waals surface area (Å²) in [5.74, 6) is 1.59. The Bertz CT molecular complexity index is 896. The number of carbonyl (C=O) groups excluding carboxylic acids is 2. The first-order chi connectivity index (χ1) is 16.5. The summed E-state index contributed by atoms with van der Waals surface area (Å²) in [4.78, 5) is 30.3. The lowest BCUT2D eigenvalue weighted by atomic mass is 10.1. The van der Waals surface area contributed by atoms with Crippen molar-refractivity contribution < 1.29 is 23.2 Å². The standard InChI is InChI=1S/C22H29N3O4.C2H3F.C2H4/c1-3-8-19(26)25(14-6-4-5-11-20(27)28-2)18-10-7-9-17(15-18)21-23-22(29-24-21)16-12-13-16;1-2-3;1-2/h7,9-10,15-16H,3-6,8,11-14H2,1-2H3;2H,1H2;1-2H2. The number of anilines is 1. The van der Waals surface area contributed by atoms with Gasteiger partial charge in [-0.1, -0.05) is 37.2 Å². The molecule has 1 heterocycles. The predicted molar refractivity (Wildman–Crippen MR) is 132 cm³/mol. The normalized spacial score (nSPS) is 11.9. The summed E-state index contributed by atoms with van der Waals surface area (Å²) >= 11 is 0. The van der Waals surface area contributed by atoms with Crippen LogP contribution in [0.1, 0.15) is 70.1 Å². The van der Waals surface area contributed by atoms with E-state index in [4.69, 9.17) is 4.52 Å². The quantitative estimate of drug-likeness (QED) is 0.214. The number of carbonyl (C=O) groups is 2. The van der Waals surface area contributed by atoms with Crippen LogP contribution < -0.4 is 4.90 Å². The maximum absolute atomic E-state index is 12.7. The van der Waals surface area contributed by atoms with Gasteiger partial charge in [0.2, 0.25) is 17.6 Å². The van der Waals surface area contributed by atoms with Gasteiger partial charge >= 0.3 is 5.97 Å². The Labute approximate surface area is 201 Å². The molecule has 186 valence electrons. The van der Waals surface area contributed by atoms with Crippen molar-refractivity contribution in [3.63, 3.8) is 0 Å². The van der Waals surface area contributed by atoms with E-state index in [1.807, 2.05) is 36.1 Å². The van der Waals surface area contributed by atoms with E-state index in [1.165, 1.54) is 7.11 Å². The van der Waals surface area contributed by atoms with E-state index in [2.05, 4.69) is 34.6 Å². The van der Waals surface area contributed by atoms with Crippen molar-refractivity contribution in [2.24, 2.45) is 0 Å². The summed E-state index contributed by atoms with van der Waals surface area (Å²) in [6, 6.07) is 7.74. The molecule has 0 atom stereocenters. The van der Waals surface area contributed by atoms with E-state index >= 15 is 0 Å². The van der Waals surface area contributed by atoms with Gasteiger partial charge in [-0.15, -0.1) is 13.2 Å². The number of aromatic nitrogens is 2. The molecule has 7 nitrogen and oxygen atoms in total. The van der Waals surface area contributed by atoms with Crippen LogP contribution in [-0.2, 0) is 14.3 Å². The monoisotopic (exact) mass is 473 g/mol. The topological polar surface area (TPSA) is 85.5 Å². The average molecular weight is 474 g/mol. The summed E-state index contributed by atoms with van der Waals surface area (Å²) in [5.41, 5.74) is 1.69. The highest BCUT2D eigenvalue weighted by atomic mass is 19.1. The number of rotatable bonds is 11. The number of hydrogen-bond donors (Lipinski definition) is 0. The molecule has 0 radical (unpaired) electrons. The Morgan fingerprint density at radius 1 is 1.24 bits per heavy atom. The van der Waals surface area contributed by atoms with Crippen molar-refractivity contribution in [2.75, 3.05) is 18.6 Å². The van der Waals surface area contributed by atoms with Crippen LogP contribution in [0.4, 0.5) is 10.1 Å². The molecule has 1 aromatic heterocycles. The fourth-order valence-corrected chi connectivity index (χ4v) is 3.23. The SMILES string of the molecule is C=C.C=CF.CCCC(=O)N(CCCCCC(=O)OC)c1cccc(-c2noc(C3CC3)n2)c1. The van der Waals surface area contributed by atoms with Gasteiger partial charge in [0, 0.05) is 36.6 Å². The Morgan fingerprint density at radius 2 is 1.94 bits per heavy atom. The molecule has 1 aliphatic carbocycles. The second-order valence-electron chi connectivity index (χ2n) is 7.62. The van der Waals surface area contributed by atoms with Crippen LogP contribution >= 0.6 is 0 Å². The third-order valence-electron chi connectivity index (χ3n) is 5.04. The second-order valence-corrected chi connectivity index (χ2v) is 7.62. The van der Waals surface area contributed by atoms with Crippen LogP contribution in [0, 0.1) is 0 Å². The smallest absolute Gasteiger partial charge is 0.305 e. The van der Waals surface area contributed by atoms with Crippen LogP contribution in [0.5, 0.6) is 0 Å². The van der Waals surface area contributed by atoms with Crippen molar-refractivity contribution in [3.8, 4) is 11.4 Å². The zero-order valence-electron chi connectivity index (χ0n) is 20.3. The van der Waals surface area contributed by atoms with E-state index in [0.717, 1.165) is 49.8 Å². The minimum atomic E-state index is -0.192. The van der Waals surface area contributed by atoms with Crippen LogP contribution in [0.25, 0.3) is 11.4 Å². The Hall–Kier alpha value is -3.29. The number of amides is 1. The second kappa shape index (κ2) is 16.3. The molecule has 3 rings (SSSR count). The maximum atomic E-state index is 12.7. The maximum Gasteiger partial charge on any atom is 0.305 e. The van der Waals surface area contributed by atoms with Crippen LogP contribution in [0.2, 0.25) is 0 Å². The molecule has 34 heavy (non-hydrogen) atoms. The van der Waals surface area contributed by atoms with Gasteiger partial charge in [-0.3, -0.25) is 9.59 Å². The molecule has 0 spiro atoms. The summed E-state index contributed by atoms with van der Waals surface area (Å²) in [7, 11) is 1.40. The van der Waals surface area contributed by atoms with Gasteiger partial charge in [0.1, 0.15) is 0 Å². The summed E-state index contributed by atoms with van der Waals surface area (Å²) < 4.78 is 20.1. The minimum Gasteiger partial charge on any atom is -0.469 e. The molecule has 0 bridgehead atoms. The molecule has 1 aromatic carbocycles. The number of unbranched alkanes of at least 4 members (excludes halogenated alkanes) is 2. The van der Waals surface area contributed by atoms with E-state index in [-0.39, 0.29) is 18.2 Å². The molecular formula is C26H36FN3O4. The van der Waals surface area contributed by atoms with E-state index in [1.54, 1.807) is 0 Å². The predicted octanol–water partition coefficient (Wildman–Crippen LogP) is 6.38. The van der Waals surface area contributed by atoms with Crippen molar-refractivity contribution in [1.29, 1.82) is 0 Å². The molecule has 0 unspecified atom stereocenters. The van der Waals surface area contributed by atoms with Crippen molar-refractivity contribution in [3.05, 3.63) is 56.2 Å². The van der Waals surface area contributed by atoms with Gasteiger partial charge in [0.25, 0.3) is 0 Å². The Balaban J connectivity index is 0.00000107. The van der Waals surface area contributed by atoms with Crippen LogP contribution in [0.3, 0.4) is 0 Å². The number of methoxy groups -OCH3 is 1. The molecule has 1 aliphatic rings. The molecule has 0 N–H and O–H groups in total. The summed E-state index contributed by atoms with van der Waals surface area (Å²) in [6.45, 7) is 11.3. The molecular weight excluding hydrogens is 437 g/mol. The molecule has 0 aliphatic heterocycles. The van der Waals surface area contributed by atoms with Gasteiger partial charge < -0.3 is 14.2 Å². The third-order valence-corrected chi connectivity index (χ3v) is 5.04. The summed E-state index contributed by atoms with van der Waals surface area (Å²) in [6.07, 6.45) is 6.62.